The fourth-order valence-electron chi connectivity index (χ4n) is 2.80. The van der Waals surface area contributed by atoms with Crippen molar-refractivity contribution in [3.63, 3.8) is 0 Å². The maximum absolute atomic E-state index is 13.2. The average Bonchev–Trinajstić information content (AvgIpc) is 2.66. The Bertz CT molecular complexity index is 1050. The molecule has 144 valence electrons. The second-order valence-electron chi connectivity index (χ2n) is 6.25. The van der Waals surface area contributed by atoms with Crippen molar-refractivity contribution < 1.29 is 18.3 Å². The van der Waals surface area contributed by atoms with E-state index in [2.05, 4.69) is 10.3 Å². The molecule has 6 nitrogen and oxygen atoms in total. The largest absolute Gasteiger partial charge is 0.497 e. The molecule has 1 aromatic carbocycles. The summed E-state index contributed by atoms with van der Waals surface area (Å²) < 4.78 is 23.6. The Morgan fingerprint density at radius 2 is 1.93 bits per heavy atom. The van der Waals surface area contributed by atoms with E-state index < -0.39 is 17.3 Å². The van der Waals surface area contributed by atoms with E-state index in [9.17, 15) is 14.0 Å². The first-order valence-electron chi connectivity index (χ1n) is 8.64. The summed E-state index contributed by atoms with van der Waals surface area (Å²) in [5.74, 6) is 0.00747. The summed E-state index contributed by atoms with van der Waals surface area (Å²) in [6.07, 6.45) is 3.50. The van der Waals surface area contributed by atoms with Crippen LogP contribution in [0.25, 0.3) is 0 Å². The lowest BCUT2D eigenvalue weighted by Crippen LogP contribution is -2.23. The van der Waals surface area contributed by atoms with E-state index in [1.54, 1.807) is 20.1 Å². The van der Waals surface area contributed by atoms with Crippen LogP contribution >= 0.6 is 0 Å². The molecule has 7 heteroatoms. The second kappa shape index (κ2) is 8.47. The lowest BCUT2D eigenvalue weighted by atomic mass is 10.1. The lowest BCUT2D eigenvalue weighted by Gasteiger charge is -2.08. The Balaban J connectivity index is 1.72. The van der Waals surface area contributed by atoms with Crippen molar-refractivity contribution in [2.75, 3.05) is 12.4 Å². The Kier molecular flexibility index (Phi) is 5.84. The number of aryl methyl sites for hydroxylation is 3. The maximum Gasteiger partial charge on any atom is 0.349 e. The molecule has 0 saturated heterocycles. The highest BCUT2D eigenvalue weighted by Crippen LogP contribution is 2.15. The van der Waals surface area contributed by atoms with Crippen LogP contribution in [0.3, 0.4) is 0 Å². The van der Waals surface area contributed by atoms with Gasteiger partial charge in [-0.25, -0.2) is 9.18 Å². The molecule has 0 bridgehead atoms. The molecule has 0 aliphatic heterocycles. The highest BCUT2D eigenvalue weighted by Gasteiger charge is 2.17. The third kappa shape index (κ3) is 4.62. The van der Waals surface area contributed by atoms with E-state index in [4.69, 9.17) is 9.15 Å². The predicted octanol–water partition coefficient (Wildman–Crippen LogP) is 3.53. The number of methoxy groups -OCH3 is 1. The van der Waals surface area contributed by atoms with Gasteiger partial charge in [0.1, 0.15) is 22.9 Å². The maximum atomic E-state index is 13.2. The Hall–Kier alpha value is -3.48. The average molecular weight is 382 g/mol. The molecule has 0 unspecified atom stereocenters. The number of pyridine rings is 1. The summed E-state index contributed by atoms with van der Waals surface area (Å²) in [5.41, 5.74) is 0.876. The van der Waals surface area contributed by atoms with E-state index in [-0.39, 0.29) is 11.3 Å². The van der Waals surface area contributed by atoms with Gasteiger partial charge in [-0.1, -0.05) is 12.1 Å². The van der Waals surface area contributed by atoms with Gasteiger partial charge >= 0.3 is 5.63 Å². The number of amides is 1. The smallest absolute Gasteiger partial charge is 0.349 e. The Labute approximate surface area is 161 Å². The molecule has 2 aromatic heterocycles. The summed E-state index contributed by atoms with van der Waals surface area (Å²) in [5, 5.41) is 2.46. The number of aromatic nitrogens is 1. The van der Waals surface area contributed by atoms with E-state index in [1.807, 2.05) is 24.3 Å². The van der Waals surface area contributed by atoms with Gasteiger partial charge in [-0.05, 0) is 42.7 Å². The minimum atomic E-state index is -0.730. The van der Waals surface area contributed by atoms with Crippen molar-refractivity contribution in [2.45, 2.75) is 19.8 Å². The Morgan fingerprint density at radius 1 is 1.18 bits per heavy atom. The van der Waals surface area contributed by atoms with Gasteiger partial charge in [0.15, 0.2) is 0 Å². The van der Waals surface area contributed by atoms with E-state index in [1.165, 1.54) is 6.20 Å². The highest BCUT2D eigenvalue weighted by atomic mass is 19.1. The number of hydrogen-bond acceptors (Lipinski definition) is 5. The minimum absolute atomic E-state index is 0.113. The minimum Gasteiger partial charge on any atom is -0.497 e. The molecule has 0 radical (unpaired) electrons. The lowest BCUT2D eigenvalue weighted by molar-refractivity contribution is 0.102. The predicted molar refractivity (Wildman–Crippen MR) is 102 cm³/mol. The third-order valence-corrected chi connectivity index (χ3v) is 4.21. The molecule has 0 saturated carbocycles. The van der Waals surface area contributed by atoms with Crippen LogP contribution in [-0.2, 0) is 12.8 Å². The summed E-state index contributed by atoms with van der Waals surface area (Å²) in [6, 6.07) is 10.4. The molecular weight excluding hydrogens is 363 g/mol. The summed E-state index contributed by atoms with van der Waals surface area (Å²) in [7, 11) is 1.61. The van der Waals surface area contributed by atoms with Crippen LogP contribution in [0.5, 0.6) is 5.75 Å². The molecule has 1 amide bonds. The highest BCUT2D eigenvalue weighted by molar-refractivity contribution is 6.04. The fraction of sp³-hybridized carbons (Fsp3) is 0.190. The van der Waals surface area contributed by atoms with Gasteiger partial charge in [0.25, 0.3) is 5.91 Å². The van der Waals surface area contributed by atoms with E-state index in [0.29, 0.717) is 24.2 Å². The third-order valence-electron chi connectivity index (χ3n) is 4.21. The molecule has 3 rings (SSSR count). The number of nitrogens with zero attached hydrogens (tertiary/aromatic N) is 1. The normalized spacial score (nSPS) is 10.5. The van der Waals surface area contributed by atoms with Gasteiger partial charge in [-0.15, -0.1) is 0 Å². The van der Waals surface area contributed by atoms with Crippen molar-refractivity contribution in [3.05, 3.63) is 87.5 Å². The number of carbonyl (C=O) groups excluding carboxylic acids is 1. The molecule has 3 aromatic rings. The van der Waals surface area contributed by atoms with Crippen molar-refractivity contribution in [3.8, 4) is 5.75 Å². The molecule has 28 heavy (non-hydrogen) atoms. The molecule has 0 aliphatic carbocycles. The quantitative estimate of drug-likeness (QED) is 0.705. The fourth-order valence-corrected chi connectivity index (χ4v) is 2.80. The number of nitrogens with one attached hydrogen (secondary N) is 1. The van der Waals surface area contributed by atoms with Crippen molar-refractivity contribution in [1.82, 2.24) is 4.98 Å². The van der Waals surface area contributed by atoms with Gasteiger partial charge in [0, 0.05) is 12.5 Å². The number of anilines is 1. The number of carbonyl (C=O) groups is 1. The number of halogens is 1. The van der Waals surface area contributed by atoms with Gasteiger partial charge in [-0.2, -0.15) is 0 Å². The van der Waals surface area contributed by atoms with Crippen LogP contribution in [0.1, 0.15) is 27.2 Å². The van der Waals surface area contributed by atoms with Crippen LogP contribution in [-0.4, -0.2) is 18.0 Å². The van der Waals surface area contributed by atoms with Crippen LogP contribution < -0.4 is 15.7 Å². The van der Waals surface area contributed by atoms with Gasteiger partial charge in [-0.3, -0.25) is 9.78 Å². The topological polar surface area (TPSA) is 81.4 Å². The van der Waals surface area contributed by atoms with Crippen LogP contribution in [0, 0.1) is 12.7 Å². The van der Waals surface area contributed by atoms with Crippen molar-refractivity contribution >= 4 is 11.6 Å². The van der Waals surface area contributed by atoms with Gasteiger partial charge < -0.3 is 14.5 Å². The monoisotopic (exact) mass is 382 g/mol. The summed E-state index contributed by atoms with van der Waals surface area (Å²) in [6.45, 7) is 1.66. The number of hydrogen-bond donors (Lipinski definition) is 1. The molecule has 2 heterocycles. The molecule has 0 aliphatic rings. The van der Waals surface area contributed by atoms with E-state index >= 15 is 0 Å². The molecule has 1 N–H and O–H groups in total. The summed E-state index contributed by atoms with van der Waals surface area (Å²) >= 11 is 0. The first-order chi connectivity index (χ1) is 13.5. The molecule has 0 atom stereocenters. The zero-order chi connectivity index (χ0) is 20.1. The van der Waals surface area contributed by atoms with Gasteiger partial charge in [0.05, 0.1) is 25.2 Å². The first-order valence-corrected chi connectivity index (χ1v) is 8.64. The standard InChI is InChI=1S/C21H19FN2O4/c1-13-9-18(8-5-14-3-6-17(27-2)7-4-14)28-21(26)19(13)20(25)24-16-10-15(22)11-23-12-16/h3-4,6-7,9-12H,5,8H2,1-2H3,(H,24,25). The van der Waals surface area contributed by atoms with Gasteiger partial charge in [0.2, 0.25) is 0 Å². The number of benzene rings is 1. The zero-order valence-corrected chi connectivity index (χ0v) is 15.5. The SMILES string of the molecule is COc1ccc(CCc2cc(C)c(C(=O)Nc3cncc(F)c3)c(=O)o2)cc1. The molecular formula is C21H19FN2O4. The number of ether oxygens (including phenoxy) is 1. The second-order valence-corrected chi connectivity index (χ2v) is 6.25. The first kappa shape index (κ1) is 19.3. The summed E-state index contributed by atoms with van der Waals surface area (Å²) in [4.78, 5) is 28.4. The zero-order valence-electron chi connectivity index (χ0n) is 15.5. The van der Waals surface area contributed by atoms with Crippen molar-refractivity contribution in [1.29, 1.82) is 0 Å². The van der Waals surface area contributed by atoms with Crippen LogP contribution in [0.4, 0.5) is 10.1 Å². The number of rotatable bonds is 6. The van der Waals surface area contributed by atoms with Crippen molar-refractivity contribution in [2.24, 2.45) is 0 Å². The Morgan fingerprint density at radius 3 is 2.57 bits per heavy atom. The van der Waals surface area contributed by atoms with Crippen LogP contribution in [0.15, 0.2) is 58.0 Å². The molecule has 0 fully saturated rings. The van der Waals surface area contributed by atoms with E-state index in [0.717, 1.165) is 23.6 Å². The van der Waals surface area contributed by atoms with Crippen LogP contribution in [0.2, 0.25) is 0 Å². The molecule has 0 spiro atoms.